The number of amides is 1. The molecule has 1 amide bonds. The van der Waals surface area contributed by atoms with Crippen LogP contribution in [0.25, 0.3) is 0 Å². The van der Waals surface area contributed by atoms with Gasteiger partial charge in [0.25, 0.3) is 0 Å². The highest BCUT2D eigenvalue weighted by Gasteiger charge is 2.34. The number of carbonyl (C=O) groups is 2. The second-order valence-corrected chi connectivity index (χ2v) is 10.4. The quantitative estimate of drug-likeness (QED) is 0.514. The zero-order chi connectivity index (χ0) is 23.3. The third-order valence-corrected chi connectivity index (χ3v) is 7.34. The van der Waals surface area contributed by atoms with Gasteiger partial charge in [-0.05, 0) is 43.0 Å². The van der Waals surface area contributed by atoms with Crippen LogP contribution < -0.4 is 10.0 Å². The molecule has 7 nitrogen and oxygen atoms in total. The van der Waals surface area contributed by atoms with E-state index in [1.807, 2.05) is 6.07 Å². The molecule has 1 saturated carbocycles. The third-order valence-electron chi connectivity index (χ3n) is 5.45. The van der Waals surface area contributed by atoms with Crippen LogP contribution in [-0.4, -0.2) is 37.5 Å². The Morgan fingerprint density at radius 1 is 1.03 bits per heavy atom. The summed E-state index contributed by atoms with van der Waals surface area (Å²) in [6.45, 7) is 0. The third kappa shape index (κ3) is 6.45. The summed E-state index contributed by atoms with van der Waals surface area (Å²) in [7, 11) is -4.14. The Balaban J connectivity index is 1.86. The number of hydrogen-bond donors (Lipinski definition) is 3. The van der Waals surface area contributed by atoms with E-state index in [9.17, 15) is 23.1 Å². The Hall–Kier alpha value is -2.13. The lowest BCUT2D eigenvalue weighted by Gasteiger charge is -2.31. The molecule has 0 spiro atoms. The summed E-state index contributed by atoms with van der Waals surface area (Å²) in [5.74, 6) is -2.25. The maximum Gasteiger partial charge on any atom is 0.308 e. The van der Waals surface area contributed by atoms with Gasteiger partial charge in [-0.25, -0.2) is 8.42 Å². The Morgan fingerprint density at radius 3 is 2.28 bits per heavy atom. The molecule has 32 heavy (non-hydrogen) atoms. The number of benzene rings is 2. The van der Waals surface area contributed by atoms with E-state index in [0.717, 1.165) is 18.4 Å². The predicted octanol–water partition coefficient (Wildman–Crippen LogP) is 3.64. The smallest absolute Gasteiger partial charge is 0.308 e. The molecule has 1 fully saturated rings. The molecule has 0 radical (unpaired) electrons. The van der Waals surface area contributed by atoms with Gasteiger partial charge in [0.2, 0.25) is 15.9 Å². The summed E-state index contributed by atoms with van der Waals surface area (Å²) >= 11 is 11.9. The molecule has 2 aromatic carbocycles. The van der Waals surface area contributed by atoms with Crippen LogP contribution >= 0.6 is 23.2 Å². The zero-order valence-corrected chi connectivity index (χ0v) is 19.5. The van der Waals surface area contributed by atoms with Crippen LogP contribution in [0.3, 0.4) is 0 Å². The zero-order valence-electron chi connectivity index (χ0n) is 17.1. The van der Waals surface area contributed by atoms with Gasteiger partial charge < -0.3 is 10.4 Å². The molecule has 172 valence electrons. The van der Waals surface area contributed by atoms with E-state index in [2.05, 4.69) is 10.0 Å². The Bertz CT molecular complexity index is 1060. The van der Waals surface area contributed by atoms with E-state index in [-0.39, 0.29) is 21.4 Å². The van der Waals surface area contributed by atoms with Gasteiger partial charge in [-0.2, -0.15) is 4.72 Å². The van der Waals surface area contributed by atoms with E-state index in [1.54, 1.807) is 24.3 Å². The van der Waals surface area contributed by atoms with Gasteiger partial charge in [0.1, 0.15) is 6.04 Å². The highest BCUT2D eigenvalue weighted by molar-refractivity contribution is 7.89. The van der Waals surface area contributed by atoms with E-state index in [1.165, 1.54) is 18.2 Å². The standard InChI is InChI=1S/C22H24Cl2N2O5S/c23-15-11-16(24)13-17(12-15)32(30,31)26-20(10-14-6-2-1-3-7-14)21(27)25-19-9-5-4-8-18(19)22(28)29/h1-3,6-7,11-13,18-20,26H,4-5,8-10H2,(H,25,27)(H,28,29). The molecule has 10 heteroatoms. The molecule has 0 aromatic heterocycles. The van der Waals surface area contributed by atoms with Crippen LogP contribution in [0.1, 0.15) is 31.2 Å². The van der Waals surface area contributed by atoms with Gasteiger partial charge in [-0.3, -0.25) is 9.59 Å². The molecule has 0 bridgehead atoms. The lowest BCUT2D eigenvalue weighted by Crippen LogP contribution is -2.53. The Kier molecular flexibility index (Phi) is 8.16. The summed E-state index contributed by atoms with van der Waals surface area (Å²) in [6, 6.07) is 11.1. The van der Waals surface area contributed by atoms with Crippen LogP contribution in [0, 0.1) is 5.92 Å². The SMILES string of the molecule is O=C(NC1CCCCC1C(=O)O)C(Cc1ccccc1)NS(=O)(=O)c1cc(Cl)cc(Cl)c1. The largest absolute Gasteiger partial charge is 0.481 e. The summed E-state index contributed by atoms with van der Waals surface area (Å²) in [4.78, 5) is 24.6. The maximum atomic E-state index is 13.1. The van der Waals surface area contributed by atoms with Crippen LogP contribution in [-0.2, 0) is 26.0 Å². The first-order valence-electron chi connectivity index (χ1n) is 10.2. The van der Waals surface area contributed by atoms with Crippen molar-refractivity contribution in [3.63, 3.8) is 0 Å². The summed E-state index contributed by atoms with van der Waals surface area (Å²) in [6.07, 6.45) is 2.65. The minimum atomic E-state index is -4.14. The van der Waals surface area contributed by atoms with Crippen molar-refractivity contribution >= 4 is 45.1 Å². The first-order valence-corrected chi connectivity index (χ1v) is 12.4. The van der Waals surface area contributed by atoms with Gasteiger partial charge >= 0.3 is 5.97 Å². The molecule has 3 atom stereocenters. The maximum absolute atomic E-state index is 13.1. The van der Waals surface area contributed by atoms with Gasteiger partial charge in [-0.15, -0.1) is 0 Å². The van der Waals surface area contributed by atoms with Gasteiger partial charge in [0, 0.05) is 16.1 Å². The van der Waals surface area contributed by atoms with Crippen molar-refractivity contribution in [3.8, 4) is 0 Å². The number of carboxylic acid groups (broad SMARTS) is 1. The highest BCUT2D eigenvalue weighted by Crippen LogP contribution is 2.25. The molecular weight excluding hydrogens is 475 g/mol. The average molecular weight is 499 g/mol. The monoisotopic (exact) mass is 498 g/mol. The van der Waals surface area contributed by atoms with Crippen LogP contribution in [0.2, 0.25) is 10.0 Å². The summed E-state index contributed by atoms with van der Waals surface area (Å²) < 4.78 is 28.4. The second-order valence-electron chi connectivity index (χ2n) is 7.81. The fourth-order valence-corrected chi connectivity index (χ4v) is 5.78. The molecule has 1 aliphatic carbocycles. The van der Waals surface area contributed by atoms with Crippen molar-refractivity contribution in [1.29, 1.82) is 0 Å². The number of aliphatic carboxylic acids is 1. The number of halogens is 2. The van der Waals surface area contributed by atoms with E-state index < -0.39 is 39.9 Å². The second kappa shape index (κ2) is 10.7. The van der Waals surface area contributed by atoms with E-state index in [4.69, 9.17) is 23.2 Å². The Labute approximate surface area is 197 Å². The summed E-state index contributed by atoms with van der Waals surface area (Å²) in [5, 5.41) is 12.6. The normalized spacial score (nSPS) is 19.8. The first kappa shape index (κ1) is 24.5. The highest BCUT2D eigenvalue weighted by atomic mass is 35.5. The average Bonchev–Trinajstić information content (AvgIpc) is 2.73. The molecular formula is C22H24Cl2N2O5S. The van der Waals surface area contributed by atoms with Gasteiger partial charge in [-0.1, -0.05) is 66.4 Å². The minimum absolute atomic E-state index is 0.0880. The topological polar surface area (TPSA) is 113 Å². The van der Waals surface area contributed by atoms with Gasteiger partial charge in [0.05, 0.1) is 10.8 Å². The van der Waals surface area contributed by atoms with E-state index in [0.29, 0.717) is 12.8 Å². The number of carbonyl (C=O) groups excluding carboxylic acids is 1. The molecule has 0 saturated heterocycles. The lowest BCUT2D eigenvalue weighted by atomic mass is 9.84. The number of hydrogen-bond acceptors (Lipinski definition) is 4. The van der Waals surface area contributed by atoms with E-state index >= 15 is 0 Å². The minimum Gasteiger partial charge on any atom is -0.481 e. The molecule has 0 aliphatic heterocycles. The van der Waals surface area contributed by atoms with Crippen molar-refractivity contribution in [1.82, 2.24) is 10.0 Å². The lowest BCUT2D eigenvalue weighted by molar-refractivity contribution is -0.144. The van der Waals surface area contributed by atoms with Crippen LogP contribution in [0.15, 0.2) is 53.4 Å². The van der Waals surface area contributed by atoms with Crippen LogP contribution in [0.4, 0.5) is 0 Å². The number of rotatable bonds is 8. The summed E-state index contributed by atoms with van der Waals surface area (Å²) in [5.41, 5.74) is 0.748. The van der Waals surface area contributed by atoms with Gasteiger partial charge in [0.15, 0.2) is 0 Å². The molecule has 3 rings (SSSR count). The fraction of sp³-hybridized carbons (Fsp3) is 0.364. The first-order chi connectivity index (χ1) is 15.2. The fourth-order valence-electron chi connectivity index (χ4n) is 3.86. The predicted molar refractivity (Wildman–Crippen MR) is 122 cm³/mol. The molecule has 3 unspecified atom stereocenters. The molecule has 0 heterocycles. The van der Waals surface area contributed by atoms with Crippen molar-refractivity contribution in [2.24, 2.45) is 5.92 Å². The van der Waals surface area contributed by atoms with Crippen LogP contribution in [0.5, 0.6) is 0 Å². The molecule has 2 aromatic rings. The van der Waals surface area contributed by atoms with Crippen molar-refractivity contribution in [2.45, 2.75) is 49.1 Å². The Morgan fingerprint density at radius 2 is 1.66 bits per heavy atom. The number of carboxylic acids is 1. The molecule has 1 aliphatic rings. The number of nitrogens with one attached hydrogen (secondary N) is 2. The van der Waals surface area contributed by atoms with Crippen molar-refractivity contribution < 1.29 is 23.1 Å². The van der Waals surface area contributed by atoms with Crippen molar-refractivity contribution in [3.05, 3.63) is 64.1 Å². The van der Waals surface area contributed by atoms with Crippen molar-refractivity contribution in [2.75, 3.05) is 0 Å². The number of sulfonamides is 1. The molecule has 3 N–H and O–H groups in total.